The van der Waals surface area contributed by atoms with Crippen molar-refractivity contribution >= 4 is 16.7 Å². The minimum Gasteiger partial charge on any atom is -0.475 e. The van der Waals surface area contributed by atoms with Crippen molar-refractivity contribution in [2.45, 2.75) is 0 Å². The van der Waals surface area contributed by atoms with Crippen molar-refractivity contribution in [1.82, 2.24) is 4.98 Å². The number of aromatic nitrogens is 1. The third-order valence-corrected chi connectivity index (χ3v) is 2.40. The number of benzene rings is 1. The van der Waals surface area contributed by atoms with Crippen molar-refractivity contribution in [2.75, 3.05) is 13.2 Å². The van der Waals surface area contributed by atoms with Gasteiger partial charge in [-0.2, -0.15) is 0 Å². The van der Waals surface area contributed by atoms with Crippen LogP contribution in [0.5, 0.6) is 5.88 Å². The van der Waals surface area contributed by atoms with Gasteiger partial charge in [0.1, 0.15) is 6.61 Å². The number of rotatable bonds is 4. The Morgan fingerprint density at radius 3 is 2.89 bits per heavy atom. The third-order valence-electron chi connectivity index (χ3n) is 2.40. The molecule has 0 aliphatic heterocycles. The molecular weight excluding hydrogens is 234 g/mol. The lowest BCUT2D eigenvalue weighted by Crippen LogP contribution is -2.16. The molecule has 1 aromatic carbocycles. The fourth-order valence-corrected chi connectivity index (χ4v) is 1.59. The molecule has 2 aromatic rings. The lowest BCUT2D eigenvalue weighted by atomic mass is 10.1. The summed E-state index contributed by atoms with van der Waals surface area (Å²) in [6.07, 6.45) is 0. The Balaban J connectivity index is 2.56. The number of para-hydroxylation sites is 1. The molecule has 0 atom stereocenters. The molecule has 18 heavy (non-hydrogen) atoms. The molecule has 0 aliphatic carbocycles. The van der Waals surface area contributed by atoms with E-state index in [4.69, 9.17) is 20.8 Å². The molecule has 6 heteroatoms. The molecule has 0 aliphatic rings. The molecule has 0 spiro atoms. The van der Waals surface area contributed by atoms with E-state index in [2.05, 4.69) is 10.1 Å². The highest BCUT2D eigenvalue weighted by atomic mass is 16.5. The molecule has 1 aromatic heterocycles. The molecule has 1 heterocycles. The van der Waals surface area contributed by atoms with Crippen LogP contribution in [0, 0.1) is 0 Å². The molecule has 0 saturated heterocycles. The van der Waals surface area contributed by atoms with Crippen LogP contribution in [0.15, 0.2) is 35.5 Å². The predicted molar refractivity (Wildman–Crippen MR) is 66.8 cm³/mol. The number of fused-ring (bicyclic) bond motifs is 1. The first-order valence-electron chi connectivity index (χ1n) is 5.37. The van der Waals surface area contributed by atoms with E-state index in [1.165, 1.54) is 0 Å². The Bertz CT molecular complexity index is 584. The average molecular weight is 247 g/mol. The lowest BCUT2D eigenvalue weighted by Gasteiger charge is -2.10. The van der Waals surface area contributed by atoms with Crippen LogP contribution in [0.1, 0.15) is 5.56 Å². The van der Waals surface area contributed by atoms with Crippen LogP contribution >= 0.6 is 0 Å². The number of nitrogens with zero attached hydrogens (tertiary/aromatic N) is 2. The number of hydrogen-bond donors (Lipinski definition) is 3. The highest BCUT2D eigenvalue weighted by Gasteiger charge is 2.12. The quantitative estimate of drug-likeness (QED) is 0.319. The molecular formula is C12H13N3O3. The van der Waals surface area contributed by atoms with Crippen LogP contribution in [0.3, 0.4) is 0 Å². The number of aliphatic hydroxyl groups is 1. The van der Waals surface area contributed by atoms with Crippen LogP contribution in [0.2, 0.25) is 0 Å². The monoisotopic (exact) mass is 247 g/mol. The van der Waals surface area contributed by atoms with Crippen molar-refractivity contribution < 1.29 is 15.1 Å². The Labute approximate surface area is 103 Å². The predicted octanol–water partition coefficient (Wildman–Crippen LogP) is 0.700. The van der Waals surface area contributed by atoms with Gasteiger partial charge in [-0.05, 0) is 12.1 Å². The van der Waals surface area contributed by atoms with Gasteiger partial charge in [-0.3, -0.25) is 0 Å². The van der Waals surface area contributed by atoms with E-state index in [0.717, 1.165) is 10.9 Å². The standard InChI is InChI=1S/C12H13N3O3/c13-11(15-17)9-7-8-3-1-2-4-10(8)14-12(9)18-6-5-16/h1-4,7,16-17H,5-6H2,(H2,13,15). The van der Waals surface area contributed by atoms with E-state index >= 15 is 0 Å². The van der Waals surface area contributed by atoms with Crippen molar-refractivity contribution in [2.24, 2.45) is 10.9 Å². The molecule has 0 radical (unpaired) electrons. The van der Waals surface area contributed by atoms with E-state index in [0.29, 0.717) is 5.56 Å². The van der Waals surface area contributed by atoms with Gasteiger partial charge in [0, 0.05) is 5.39 Å². The number of aliphatic hydroxyl groups excluding tert-OH is 1. The second-order valence-corrected chi connectivity index (χ2v) is 3.59. The third kappa shape index (κ3) is 2.33. The summed E-state index contributed by atoms with van der Waals surface area (Å²) in [6, 6.07) is 9.15. The zero-order valence-corrected chi connectivity index (χ0v) is 9.58. The average Bonchev–Trinajstić information content (AvgIpc) is 2.43. The summed E-state index contributed by atoms with van der Waals surface area (Å²) in [5.74, 6) is 0.152. The first kappa shape index (κ1) is 12.1. The fourth-order valence-electron chi connectivity index (χ4n) is 1.59. The Kier molecular flexibility index (Phi) is 3.59. The van der Waals surface area contributed by atoms with E-state index in [-0.39, 0.29) is 24.9 Å². The summed E-state index contributed by atoms with van der Waals surface area (Å²) in [5, 5.41) is 21.3. The van der Waals surface area contributed by atoms with E-state index in [1.54, 1.807) is 6.07 Å². The van der Waals surface area contributed by atoms with Crippen molar-refractivity contribution in [3.8, 4) is 5.88 Å². The molecule has 0 amide bonds. The van der Waals surface area contributed by atoms with E-state index in [9.17, 15) is 0 Å². The molecule has 94 valence electrons. The van der Waals surface area contributed by atoms with Crippen LogP contribution < -0.4 is 10.5 Å². The maximum atomic E-state index is 8.76. The Morgan fingerprint density at radius 2 is 2.17 bits per heavy atom. The number of oxime groups is 1. The van der Waals surface area contributed by atoms with Crippen LogP contribution in [-0.4, -0.2) is 34.3 Å². The maximum Gasteiger partial charge on any atom is 0.225 e. The summed E-state index contributed by atoms with van der Waals surface area (Å²) >= 11 is 0. The second kappa shape index (κ2) is 5.33. The zero-order chi connectivity index (χ0) is 13.0. The summed E-state index contributed by atoms with van der Waals surface area (Å²) < 4.78 is 5.28. The summed E-state index contributed by atoms with van der Waals surface area (Å²) in [6.45, 7) is -0.0405. The minimum absolute atomic E-state index is 0.0822. The lowest BCUT2D eigenvalue weighted by molar-refractivity contribution is 0.197. The number of pyridine rings is 1. The highest BCUT2D eigenvalue weighted by molar-refractivity contribution is 6.02. The fraction of sp³-hybridized carbons (Fsp3) is 0.167. The molecule has 0 fully saturated rings. The highest BCUT2D eigenvalue weighted by Crippen LogP contribution is 2.22. The molecule has 0 bridgehead atoms. The first-order valence-corrected chi connectivity index (χ1v) is 5.37. The molecule has 4 N–H and O–H groups in total. The summed E-state index contributed by atoms with van der Waals surface area (Å²) in [7, 11) is 0. The number of ether oxygens (including phenoxy) is 1. The Morgan fingerprint density at radius 1 is 1.39 bits per heavy atom. The zero-order valence-electron chi connectivity index (χ0n) is 9.58. The largest absolute Gasteiger partial charge is 0.475 e. The topological polar surface area (TPSA) is 101 Å². The molecule has 6 nitrogen and oxygen atoms in total. The Hall–Kier alpha value is -2.34. The normalized spacial score (nSPS) is 11.7. The summed E-state index contributed by atoms with van der Waals surface area (Å²) in [4.78, 5) is 4.28. The SMILES string of the molecule is NC(=NO)c1cc2ccccc2nc1OCCO. The van der Waals surface area contributed by atoms with Gasteiger partial charge < -0.3 is 20.8 Å². The van der Waals surface area contributed by atoms with Gasteiger partial charge in [0.05, 0.1) is 17.7 Å². The first-order chi connectivity index (χ1) is 8.76. The van der Waals surface area contributed by atoms with E-state index < -0.39 is 0 Å². The molecule has 0 saturated carbocycles. The van der Waals surface area contributed by atoms with Crippen LogP contribution in [0.4, 0.5) is 0 Å². The van der Waals surface area contributed by atoms with Gasteiger partial charge in [-0.1, -0.05) is 23.4 Å². The van der Waals surface area contributed by atoms with Gasteiger partial charge in [0.25, 0.3) is 0 Å². The van der Waals surface area contributed by atoms with Crippen molar-refractivity contribution in [3.63, 3.8) is 0 Å². The van der Waals surface area contributed by atoms with Crippen LogP contribution in [0.25, 0.3) is 10.9 Å². The molecule has 2 rings (SSSR count). The van der Waals surface area contributed by atoms with E-state index in [1.807, 2.05) is 24.3 Å². The smallest absolute Gasteiger partial charge is 0.225 e. The number of amidine groups is 1. The van der Waals surface area contributed by atoms with Gasteiger partial charge in [-0.25, -0.2) is 4.98 Å². The minimum atomic E-state index is -0.135. The number of hydrogen-bond acceptors (Lipinski definition) is 5. The van der Waals surface area contributed by atoms with Gasteiger partial charge in [0.2, 0.25) is 5.88 Å². The summed E-state index contributed by atoms with van der Waals surface area (Å²) in [5.41, 5.74) is 6.70. The number of nitrogens with two attached hydrogens (primary N) is 1. The van der Waals surface area contributed by atoms with Gasteiger partial charge >= 0.3 is 0 Å². The molecule has 0 unspecified atom stereocenters. The van der Waals surface area contributed by atoms with Gasteiger partial charge in [0.15, 0.2) is 5.84 Å². The van der Waals surface area contributed by atoms with Crippen molar-refractivity contribution in [3.05, 3.63) is 35.9 Å². The maximum absolute atomic E-state index is 8.76. The second-order valence-electron chi connectivity index (χ2n) is 3.59. The van der Waals surface area contributed by atoms with Crippen LogP contribution in [-0.2, 0) is 0 Å². The van der Waals surface area contributed by atoms with Gasteiger partial charge in [-0.15, -0.1) is 0 Å². The van der Waals surface area contributed by atoms with Crippen molar-refractivity contribution in [1.29, 1.82) is 0 Å².